The smallest absolute Gasteiger partial charge is 0.306 e. The molecule has 0 saturated heterocycles. The fourth-order valence-electron chi connectivity index (χ4n) is 11.0. The Morgan fingerprint density at radius 1 is 0.826 bits per heavy atom. The van der Waals surface area contributed by atoms with E-state index in [9.17, 15) is 19.5 Å². The third-order valence-electron chi connectivity index (χ3n) is 13.6. The van der Waals surface area contributed by atoms with Gasteiger partial charge in [0.05, 0.1) is 13.2 Å². The fourth-order valence-corrected chi connectivity index (χ4v) is 11.0. The molecule has 11 atom stereocenters. The average molecular weight is 647 g/mol. The van der Waals surface area contributed by atoms with Crippen molar-refractivity contribution < 1.29 is 33.7 Å². The van der Waals surface area contributed by atoms with Gasteiger partial charge in [-0.3, -0.25) is 14.4 Å². The van der Waals surface area contributed by atoms with Gasteiger partial charge in [-0.25, -0.2) is 0 Å². The van der Waals surface area contributed by atoms with Crippen molar-refractivity contribution in [3.8, 4) is 0 Å². The third kappa shape index (κ3) is 8.32. The molecule has 4 fully saturated rings. The highest BCUT2D eigenvalue weighted by Crippen LogP contribution is 2.69. The molecule has 4 aliphatic rings. The summed E-state index contributed by atoms with van der Waals surface area (Å²) < 4.78 is 17.2. The molecule has 4 aliphatic carbocycles. The molecule has 0 amide bonds. The van der Waals surface area contributed by atoms with Crippen LogP contribution in [-0.2, 0) is 28.6 Å². The molecule has 0 bridgehead atoms. The van der Waals surface area contributed by atoms with Crippen molar-refractivity contribution in [2.24, 2.45) is 46.3 Å². The third-order valence-corrected chi connectivity index (χ3v) is 13.6. The zero-order chi connectivity index (χ0) is 33.5. The molecule has 4 rings (SSSR count). The first-order chi connectivity index (χ1) is 21.9. The SMILES string of the molecule is CCCCCCCCCCCC(=O)O[C@@H]1CC[C@@]2(C)[C@@H](C1)C[C@@H](OC(C)=O)[C@@H]1[C@@H]2C[C@H](O)[C@]2(C)[C@@H]([C@H](C)CCC(=O)OC)CC[C@@H]12. The van der Waals surface area contributed by atoms with Gasteiger partial charge in [0.2, 0.25) is 0 Å². The number of fused-ring (bicyclic) bond motifs is 5. The van der Waals surface area contributed by atoms with E-state index < -0.39 is 6.10 Å². The predicted molar refractivity (Wildman–Crippen MR) is 180 cm³/mol. The van der Waals surface area contributed by atoms with E-state index in [2.05, 4.69) is 27.7 Å². The highest BCUT2D eigenvalue weighted by atomic mass is 16.5. The Hall–Kier alpha value is -1.63. The maximum Gasteiger partial charge on any atom is 0.306 e. The Morgan fingerprint density at radius 3 is 2.15 bits per heavy atom. The van der Waals surface area contributed by atoms with E-state index in [1.165, 1.54) is 59.0 Å². The van der Waals surface area contributed by atoms with E-state index in [0.29, 0.717) is 31.1 Å². The lowest BCUT2D eigenvalue weighted by Crippen LogP contribution is -2.63. The van der Waals surface area contributed by atoms with Crippen LogP contribution in [0.5, 0.6) is 0 Å². The second-order valence-corrected chi connectivity index (χ2v) is 16.2. The second-order valence-electron chi connectivity index (χ2n) is 16.2. The fraction of sp³-hybridized carbons (Fsp3) is 0.923. The number of methoxy groups -OCH3 is 1. The van der Waals surface area contributed by atoms with Crippen molar-refractivity contribution in [3.63, 3.8) is 0 Å². The second kappa shape index (κ2) is 16.7. The van der Waals surface area contributed by atoms with Gasteiger partial charge in [-0.05, 0) is 98.2 Å². The van der Waals surface area contributed by atoms with E-state index in [-0.39, 0.29) is 64.6 Å². The van der Waals surface area contributed by atoms with Crippen LogP contribution in [0.25, 0.3) is 0 Å². The minimum Gasteiger partial charge on any atom is -0.469 e. The lowest BCUT2D eigenvalue weighted by Gasteiger charge is -2.64. The molecule has 46 heavy (non-hydrogen) atoms. The number of unbranched alkanes of at least 4 members (excludes halogenated alkanes) is 8. The van der Waals surface area contributed by atoms with Gasteiger partial charge < -0.3 is 19.3 Å². The molecule has 4 saturated carbocycles. The number of rotatable bonds is 16. The summed E-state index contributed by atoms with van der Waals surface area (Å²) in [5, 5.41) is 12.0. The van der Waals surface area contributed by atoms with Gasteiger partial charge in [0, 0.05) is 25.7 Å². The van der Waals surface area contributed by atoms with Gasteiger partial charge in [0.1, 0.15) is 12.2 Å². The molecule has 0 unspecified atom stereocenters. The zero-order valence-electron chi connectivity index (χ0n) is 30.0. The summed E-state index contributed by atoms with van der Waals surface area (Å²) in [6.45, 7) is 10.7. The molecule has 0 aromatic heterocycles. The lowest BCUT2D eigenvalue weighted by molar-refractivity contribution is -0.218. The van der Waals surface area contributed by atoms with Crippen LogP contribution in [0.2, 0.25) is 0 Å². The summed E-state index contributed by atoms with van der Waals surface area (Å²) in [6, 6.07) is 0. The topological polar surface area (TPSA) is 99.1 Å². The van der Waals surface area contributed by atoms with E-state index in [4.69, 9.17) is 14.2 Å². The van der Waals surface area contributed by atoms with Crippen molar-refractivity contribution in [1.29, 1.82) is 0 Å². The number of carbonyl (C=O) groups is 3. The molecular formula is C39H66O7. The van der Waals surface area contributed by atoms with E-state index in [0.717, 1.165) is 57.8 Å². The predicted octanol–water partition coefficient (Wildman–Crippen LogP) is 8.58. The molecule has 0 aliphatic heterocycles. The molecule has 0 spiro atoms. The van der Waals surface area contributed by atoms with Crippen LogP contribution in [0.15, 0.2) is 0 Å². The number of aliphatic hydroxyl groups excluding tert-OH is 1. The molecule has 264 valence electrons. The van der Waals surface area contributed by atoms with Crippen LogP contribution >= 0.6 is 0 Å². The molecule has 1 N–H and O–H groups in total. The van der Waals surface area contributed by atoms with Crippen LogP contribution in [0.1, 0.15) is 157 Å². The van der Waals surface area contributed by atoms with Crippen molar-refractivity contribution in [1.82, 2.24) is 0 Å². The van der Waals surface area contributed by atoms with Crippen molar-refractivity contribution in [2.75, 3.05) is 7.11 Å². The molecule has 0 radical (unpaired) electrons. The largest absolute Gasteiger partial charge is 0.469 e. The minimum absolute atomic E-state index is 0.0122. The van der Waals surface area contributed by atoms with E-state index in [1.807, 2.05) is 0 Å². The molecule has 7 nitrogen and oxygen atoms in total. The summed E-state index contributed by atoms with van der Waals surface area (Å²) in [5.74, 6) is 1.13. The van der Waals surface area contributed by atoms with E-state index >= 15 is 0 Å². The monoisotopic (exact) mass is 646 g/mol. The van der Waals surface area contributed by atoms with Crippen LogP contribution in [0.3, 0.4) is 0 Å². The van der Waals surface area contributed by atoms with Crippen LogP contribution < -0.4 is 0 Å². The van der Waals surface area contributed by atoms with Gasteiger partial charge in [-0.1, -0.05) is 79.1 Å². The quantitative estimate of drug-likeness (QED) is 0.102. The number of ether oxygens (including phenoxy) is 3. The Balaban J connectivity index is 1.37. The number of carbonyl (C=O) groups excluding carboxylic acids is 3. The number of hydrogen-bond donors (Lipinski definition) is 1. The van der Waals surface area contributed by atoms with Crippen LogP contribution in [0.4, 0.5) is 0 Å². The standard InChI is InChI=1S/C39H66O7/c1-7-8-9-10-11-12-13-14-15-16-36(43)46-29-21-22-38(4)28(23-29)24-33(45-27(3)40)37-31-19-18-30(26(2)17-20-35(42)44-6)39(31,5)34(41)25-32(37)38/h26,28-34,37,41H,7-25H2,1-6H3/t26-,28+,29-,30-,31+,32+,33-,34+,37+,38+,39-/m1/s1. The first-order valence-corrected chi connectivity index (χ1v) is 19.1. The highest BCUT2D eigenvalue weighted by Gasteiger charge is 2.66. The maximum atomic E-state index is 12.8. The molecule has 0 aromatic carbocycles. The number of esters is 3. The Kier molecular flexibility index (Phi) is 13.5. The average Bonchev–Trinajstić information content (AvgIpc) is 3.38. The lowest BCUT2D eigenvalue weighted by atomic mass is 9.43. The summed E-state index contributed by atoms with van der Waals surface area (Å²) in [5.41, 5.74) is -0.266. The Bertz CT molecular complexity index is 1010. The molecule has 0 heterocycles. The van der Waals surface area contributed by atoms with Gasteiger partial charge >= 0.3 is 17.9 Å². The molecular weight excluding hydrogens is 580 g/mol. The number of hydrogen-bond acceptors (Lipinski definition) is 7. The summed E-state index contributed by atoms with van der Waals surface area (Å²) in [7, 11) is 1.44. The van der Waals surface area contributed by atoms with Gasteiger partial charge in [0.15, 0.2) is 0 Å². The Morgan fingerprint density at radius 2 is 1.50 bits per heavy atom. The first-order valence-electron chi connectivity index (χ1n) is 19.1. The van der Waals surface area contributed by atoms with Crippen LogP contribution in [-0.4, -0.2) is 48.4 Å². The van der Waals surface area contributed by atoms with Crippen molar-refractivity contribution in [3.05, 3.63) is 0 Å². The summed E-state index contributed by atoms with van der Waals surface area (Å²) in [4.78, 5) is 37.2. The first kappa shape index (κ1) is 37.2. The van der Waals surface area contributed by atoms with E-state index in [1.54, 1.807) is 0 Å². The maximum absolute atomic E-state index is 12.8. The van der Waals surface area contributed by atoms with Crippen molar-refractivity contribution >= 4 is 17.9 Å². The molecule has 7 heteroatoms. The van der Waals surface area contributed by atoms with Crippen molar-refractivity contribution in [2.45, 2.75) is 175 Å². The normalized spacial score (nSPS) is 37.4. The van der Waals surface area contributed by atoms with Crippen LogP contribution in [0, 0.1) is 46.3 Å². The van der Waals surface area contributed by atoms with Gasteiger partial charge in [-0.15, -0.1) is 0 Å². The summed E-state index contributed by atoms with van der Waals surface area (Å²) in [6.07, 6.45) is 18.2. The van der Waals surface area contributed by atoms with Gasteiger partial charge in [0.25, 0.3) is 0 Å². The zero-order valence-corrected chi connectivity index (χ0v) is 30.0. The Labute approximate surface area is 279 Å². The van der Waals surface area contributed by atoms with Gasteiger partial charge in [-0.2, -0.15) is 0 Å². The highest BCUT2D eigenvalue weighted by molar-refractivity contribution is 5.69. The number of aliphatic hydroxyl groups is 1. The minimum atomic E-state index is -0.438. The summed E-state index contributed by atoms with van der Waals surface area (Å²) >= 11 is 0. The molecule has 0 aromatic rings.